The lowest BCUT2D eigenvalue weighted by atomic mass is 9.74. The predicted octanol–water partition coefficient (Wildman–Crippen LogP) is 17.6. The Hall–Kier alpha value is -6.18. The second kappa shape index (κ2) is 15.9. The lowest BCUT2D eigenvalue weighted by Gasteiger charge is -2.34. The van der Waals surface area contributed by atoms with E-state index in [4.69, 9.17) is 0 Å². The Morgan fingerprint density at radius 3 is 1.62 bits per heavy atom. The van der Waals surface area contributed by atoms with Crippen LogP contribution in [0.25, 0.3) is 44.2 Å². The number of anilines is 3. The standard InChI is InChI=1S/C62H61N/c1-60(2,3)45-39-46(61(4,5)6)41-47(40-45)63(56-37-18-15-29-49(56)51-33-21-26-43-25-20-32-48(58(43)51)42-23-10-8-11-24-42)57-38-19-16-30-50(57)52-34-22-36-55-59(52)53-31-14-17-35-54(53)62(55,7)44-27-12-9-13-28-44/h9,12-22,25-42H,8,10-11,23-24H2,1-7H3. The van der Waals surface area contributed by atoms with Crippen LogP contribution >= 0.6 is 0 Å². The fourth-order valence-electron chi connectivity index (χ4n) is 11.0. The van der Waals surface area contributed by atoms with Gasteiger partial charge in [-0.2, -0.15) is 0 Å². The summed E-state index contributed by atoms with van der Waals surface area (Å²) in [5.74, 6) is 0.579. The fourth-order valence-corrected chi connectivity index (χ4v) is 11.0. The first-order valence-corrected chi connectivity index (χ1v) is 23.4. The Kier molecular flexibility index (Phi) is 10.3. The van der Waals surface area contributed by atoms with E-state index in [2.05, 4.69) is 229 Å². The Bertz CT molecular complexity index is 2930. The summed E-state index contributed by atoms with van der Waals surface area (Å²) in [5.41, 5.74) is 19.0. The molecule has 0 amide bonds. The van der Waals surface area contributed by atoms with Gasteiger partial charge in [-0.1, -0.05) is 212 Å². The van der Waals surface area contributed by atoms with Gasteiger partial charge in [0.05, 0.1) is 11.4 Å². The van der Waals surface area contributed by atoms with Crippen molar-refractivity contribution in [3.63, 3.8) is 0 Å². The minimum Gasteiger partial charge on any atom is -0.309 e. The van der Waals surface area contributed by atoms with Gasteiger partial charge in [-0.15, -0.1) is 0 Å². The molecular formula is C62H61N. The third-order valence-corrected chi connectivity index (χ3v) is 14.4. The van der Waals surface area contributed by atoms with E-state index < -0.39 is 0 Å². The average Bonchev–Trinajstić information content (AvgIpc) is 3.57. The lowest BCUT2D eigenvalue weighted by molar-refractivity contribution is 0.445. The maximum Gasteiger partial charge on any atom is 0.0540 e. The van der Waals surface area contributed by atoms with Gasteiger partial charge in [-0.3, -0.25) is 0 Å². The van der Waals surface area contributed by atoms with Crippen LogP contribution in [0.5, 0.6) is 0 Å². The molecule has 1 heteroatoms. The molecule has 8 aromatic carbocycles. The molecule has 1 fully saturated rings. The first kappa shape index (κ1) is 40.9. The Morgan fingerprint density at radius 1 is 0.460 bits per heavy atom. The van der Waals surface area contributed by atoms with Gasteiger partial charge in [0.2, 0.25) is 0 Å². The summed E-state index contributed by atoms with van der Waals surface area (Å²) in [6, 6.07) is 67.0. The van der Waals surface area contributed by atoms with Gasteiger partial charge in [0.25, 0.3) is 0 Å². The molecule has 8 aromatic rings. The van der Waals surface area contributed by atoms with Crippen molar-refractivity contribution in [3.05, 3.63) is 209 Å². The Morgan fingerprint density at radius 2 is 0.968 bits per heavy atom. The molecule has 10 rings (SSSR count). The third-order valence-electron chi connectivity index (χ3n) is 14.4. The highest BCUT2D eigenvalue weighted by atomic mass is 15.1. The van der Waals surface area contributed by atoms with Crippen LogP contribution in [0.3, 0.4) is 0 Å². The first-order chi connectivity index (χ1) is 30.4. The van der Waals surface area contributed by atoms with E-state index in [-0.39, 0.29) is 16.2 Å². The van der Waals surface area contributed by atoms with Crippen LogP contribution in [0.15, 0.2) is 176 Å². The minimum atomic E-state index is -0.294. The molecule has 1 nitrogen and oxygen atoms in total. The molecule has 0 aliphatic heterocycles. The Labute approximate surface area is 376 Å². The molecule has 63 heavy (non-hydrogen) atoms. The van der Waals surface area contributed by atoms with E-state index in [1.807, 2.05) is 0 Å². The lowest BCUT2D eigenvalue weighted by Crippen LogP contribution is -2.22. The fraction of sp³-hybridized carbons (Fsp3) is 0.258. The van der Waals surface area contributed by atoms with Crippen LogP contribution < -0.4 is 4.90 Å². The number of hydrogen-bond donors (Lipinski definition) is 0. The van der Waals surface area contributed by atoms with Crippen molar-refractivity contribution < 1.29 is 0 Å². The van der Waals surface area contributed by atoms with Gasteiger partial charge in [0, 0.05) is 22.2 Å². The van der Waals surface area contributed by atoms with E-state index >= 15 is 0 Å². The molecule has 0 aromatic heterocycles. The summed E-state index contributed by atoms with van der Waals surface area (Å²) in [5, 5.41) is 2.73. The maximum absolute atomic E-state index is 2.61. The largest absolute Gasteiger partial charge is 0.309 e. The van der Waals surface area contributed by atoms with Crippen molar-refractivity contribution in [1.29, 1.82) is 0 Å². The zero-order valence-corrected chi connectivity index (χ0v) is 38.3. The zero-order valence-electron chi connectivity index (χ0n) is 38.3. The molecule has 0 spiro atoms. The summed E-state index contributed by atoms with van der Waals surface area (Å²) < 4.78 is 0. The van der Waals surface area contributed by atoms with Gasteiger partial charge >= 0.3 is 0 Å². The molecule has 0 saturated heterocycles. The van der Waals surface area contributed by atoms with Crippen molar-refractivity contribution in [2.45, 2.75) is 103 Å². The molecule has 314 valence electrons. The quantitative estimate of drug-likeness (QED) is 0.155. The van der Waals surface area contributed by atoms with Crippen molar-refractivity contribution in [3.8, 4) is 33.4 Å². The molecule has 0 bridgehead atoms. The number of benzene rings is 8. The van der Waals surface area contributed by atoms with Gasteiger partial charge in [0.1, 0.15) is 0 Å². The average molecular weight is 820 g/mol. The van der Waals surface area contributed by atoms with Crippen LogP contribution in [0.2, 0.25) is 0 Å². The SMILES string of the molecule is CC(C)(C)c1cc(N(c2ccccc2-c2cccc3c2-c2ccccc2C3(C)c2ccccc2)c2ccccc2-c2cccc3cccc(C4CCCCC4)c23)cc(C(C)(C)C)c1. The molecule has 0 heterocycles. The van der Waals surface area contributed by atoms with Crippen molar-refractivity contribution >= 4 is 27.8 Å². The number of hydrogen-bond acceptors (Lipinski definition) is 1. The molecule has 0 radical (unpaired) electrons. The van der Waals surface area contributed by atoms with E-state index in [0.717, 1.165) is 0 Å². The molecule has 1 unspecified atom stereocenters. The van der Waals surface area contributed by atoms with Crippen molar-refractivity contribution in [2.75, 3.05) is 4.90 Å². The second-order valence-electron chi connectivity index (χ2n) is 20.5. The van der Waals surface area contributed by atoms with Gasteiger partial charge < -0.3 is 4.90 Å². The Balaban J connectivity index is 1.27. The smallest absolute Gasteiger partial charge is 0.0540 e. The zero-order chi connectivity index (χ0) is 43.5. The van der Waals surface area contributed by atoms with Crippen LogP contribution in [0.1, 0.15) is 120 Å². The molecule has 2 aliphatic carbocycles. The molecule has 1 atom stereocenters. The maximum atomic E-state index is 2.61. The summed E-state index contributed by atoms with van der Waals surface area (Å²) in [6.45, 7) is 16.5. The highest BCUT2D eigenvalue weighted by Crippen LogP contribution is 2.57. The summed E-state index contributed by atoms with van der Waals surface area (Å²) in [7, 11) is 0. The van der Waals surface area contributed by atoms with E-state index in [1.54, 1.807) is 0 Å². The third kappa shape index (κ3) is 7.11. The van der Waals surface area contributed by atoms with E-state index in [9.17, 15) is 0 Å². The van der Waals surface area contributed by atoms with Gasteiger partial charge in [-0.05, 0) is 127 Å². The van der Waals surface area contributed by atoms with Crippen LogP contribution in [-0.4, -0.2) is 0 Å². The topological polar surface area (TPSA) is 3.24 Å². The number of fused-ring (bicyclic) bond motifs is 4. The molecule has 0 N–H and O–H groups in total. The molecule has 1 saturated carbocycles. The predicted molar refractivity (Wildman–Crippen MR) is 270 cm³/mol. The summed E-state index contributed by atoms with van der Waals surface area (Å²) in [4.78, 5) is 2.61. The molecular weight excluding hydrogens is 759 g/mol. The number of para-hydroxylation sites is 2. The highest BCUT2D eigenvalue weighted by Gasteiger charge is 2.42. The van der Waals surface area contributed by atoms with Crippen LogP contribution in [-0.2, 0) is 16.2 Å². The van der Waals surface area contributed by atoms with Crippen molar-refractivity contribution in [2.24, 2.45) is 0 Å². The van der Waals surface area contributed by atoms with Crippen LogP contribution in [0.4, 0.5) is 17.1 Å². The summed E-state index contributed by atoms with van der Waals surface area (Å²) in [6.07, 6.45) is 6.48. The van der Waals surface area contributed by atoms with Crippen molar-refractivity contribution in [1.82, 2.24) is 0 Å². The monoisotopic (exact) mass is 819 g/mol. The highest BCUT2D eigenvalue weighted by molar-refractivity contribution is 6.05. The van der Waals surface area contributed by atoms with Crippen LogP contribution in [0, 0.1) is 0 Å². The molecule has 2 aliphatic rings. The number of rotatable bonds is 7. The second-order valence-corrected chi connectivity index (χ2v) is 20.5. The van der Waals surface area contributed by atoms with Gasteiger partial charge in [-0.25, -0.2) is 0 Å². The van der Waals surface area contributed by atoms with E-state index in [0.29, 0.717) is 5.92 Å². The number of nitrogens with zero attached hydrogens (tertiary/aromatic N) is 1. The normalized spacial score (nSPS) is 16.5. The summed E-state index contributed by atoms with van der Waals surface area (Å²) >= 11 is 0. The van der Waals surface area contributed by atoms with Gasteiger partial charge in [0.15, 0.2) is 0 Å². The first-order valence-electron chi connectivity index (χ1n) is 23.4. The van der Waals surface area contributed by atoms with E-state index in [1.165, 1.54) is 127 Å². The minimum absolute atomic E-state index is 0.0584.